The second-order valence-electron chi connectivity index (χ2n) is 5.89. The van der Waals surface area contributed by atoms with Gasteiger partial charge in [0.1, 0.15) is 12.4 Å². The normalized spacial score (nSPS) is 18.6. The number of urea groups is 1. The van der Waals surface area contributed by atoms with Crippen LogP contribution < -0.4 is 20.3 Å². The Morgan fingerprint density at radius 3 is 2.90 bits per heavy atom. The van der Waals surface area contributed by atoms with Crippen molar-refractivity contribution in [1.82, 2.24) is 5.32 Å². The summed E-state index contributed by atoms with van der Waals surface area (Å²) in [5.74, 6) is 0.833. The fourth-order valence-electron chi connectivity index (χ4n) is 3.04. The van der Waals surface area contributed by atoms with Gasteiger partial charge in [0.2, 0.25) is 0 Å². The fraction of sp³-hybridized carbons (Fsp3) is 0.562. The summed E-state index contributed by atoms with van der Waals surface area (Å²) in [6.07, 6.45) is 5.89. The molecule has 2 amide bonds. The van der Waals surface area contributed by atoms with Gasteiger partial charge in [0.25, 0.3) is 0 Å². The van der Waals surface area contributed by atoms with Gasteiger partial charge in [-0.3, -0.25) is 0 Å². The largest absolute Gasteiger partial charge is 0.489 e. The Hall–Kier alpha value is -1.91. The van der Waals surface area contributed by atoms with Gasteiger partial charge in [-0.2, -0.15) is 0 Å². The number of anilines is 2. The highest BCUT2D eigenvalue weighted by Crippen LogP contribution is 2.33. The van der Waals surface area contributed by atoms with Gasteiger partial charge in [-0.15, -0.1) is 0 Å². The van der Waals surface area contributed by atoms with Gasteiger partial charge in [0, 0.05) is 24.8 Å². The monoisotopic (exact) mass is 289 g/mol. The van der Waals surface area contributed by atoms with Crippen molar-refractivity contribution in [3.8, 4) is 5.75 Å². The van der Waals surface area contributed by atoms with Crippen LogP contribution in [0.4, 0.5) is 16.2 Å². The van der Waals surface area contributed by atoms with Gasteiger partial charge in [-0.25, -0.2) is 4.79 Å². The first-order valence-corrected chi connectivity index (χ1v) is 7.78. The van der Waals surface area contributed by atoms with E-state index in [0.29, 0.717) is 12.6 Å². The third-order valence-corrected chi connectivity index (χ3v) is 4.25. The molecule has 2 aliphatic rings. The summed E-state index contributed by atoms with van der Waals surface area (Å²) in [7, 11) is 2.05. The van der Waals surface area contributed by atoms with E-state index in [4.69, 9.17) is 4.74 Å². The predicted octanol–water partition coefficient (Wildman–Crippen LogP) is 2.97. The van der Waals surface area contributed by atoms with Crippen molar-refractivity contribution in [2.75, 3.05) is 30.4 Å². The Morgan fingerprint density at radius 2 is 2.10 bits per heavy atom. The SMILES string of the molecule is CN1CCOc2cc(NC(=O)NC3CCCCC3)ccc21. The molecule has 1 aliphatic carbocycles. The van der Waals surface area contributed by atoms with E-state index < -0.39 is 0 Å². The lowest BCUT2D eigenvalue weighted by Crippen LogP contribution is -2.39. The second kappa shape index (κ2) is 6.24. The number of hydrogen-bond acceptors (Lipinski definition) is 3. The lowest BCUT2D eigenvalue weighted by atomic mass is 9.96. The van der Waals surface area contributed by atoms with E-state index >= 15 is 0 Å². The molecule has 1 fully saturated rings. The Labute approximate surface area is 125 Å². The third kappa shape index (κ3) is 3.40. The lowest BCUT2D eigenvalue weighted by Gasteiger charge is -2.28. The second-order valence-corrected chi connectivity index (χ2v) is 5.89. The van der Waals surface area contributed by atoms with Crippen molar-refractivity contribution in [3.63, 3.8) is 0 Å². The van der Waals surface area contributed by atoms with E-state index in [2.05, 4.69) is 15.5 Å². The zero-order valence-electron chi connectivity index (χ0n) is 12.5. The average molecular weight is 289 g/mol. The molecule has 21 heavy (non-hydrogen) atoms. The van der Waals surface area contributed by atoms with Gasteiger partial charge in [0.15, 0.2) is 0 Å². The van der Waals surface area contributed by atoms with Crippen LogP contribution in [0.3, 0.4) is 0 Å². The van der Waals surface area contributed by atoms with Gasteiger partial charge >= 0.3 is 6.03 Å². The van der Waals surface area contributed by atoms with E-state index in [1.165, 1.54) is 19.3 Å². The van der Waals surface area contributed by atoms with Gasteiger partial charge < -0.3 is 20.3 Å². The highest BCUT2D eigenvalue weighted by atomic mass is 16.5. The van der Waals surface area contributed by atoms with Crippen molar-refractivity contribution >= 4 is 17.4 Å². The molecule has 1 saturated carbocycles. The molecule has 0 radical (unpaired) electrons. The summed E-state index contributed by atoms with van der Waals surface area (Å²) in [6, 6.07) is 6.01. The molecule has 5 nitrogen and oxygen atoms in total. The molecule has 0 atom stereocenters. The van der Waals surface area contributed by atoms with Crippen molar-refractivity contribution in [1.29, 1.82) is 0 Å². The maximum Gasteiger partial charge on any atom is 0.319 e. The predicted molar refractivity (Wildman–Crippen MR) is 84.2 cm³/mol. The van der Waals surface area contributed by atoms with E-state index in [0.717, 1.165) is 36.5 Å². The smallest absolute Gasteiger partial charge is 0.319 e. The maximum absolute atomic E-state index is 12.0. The Kier molecular flexibility index (Phi) is 4.18. The van der Waals surface area contributed by atoms with Crippen LogP contribution in [0.2, 0.25) is 0 Å². The minimum Gasteiger partial charge on any atom is -0.489 e. The zero-order valence-corrected chi connectivity index (χ0v) is 12.5. The number of ether oxygens (including phenoxy) is 1. The number of carbonyl (C=O) groups excluding carboxylic acids is 1. The van der Waals surface area contributed by atoms with Crippen molar-refractivity contribution < 1.29 is 9.53 Å². The molecule has 0 saturated heterocycles. The molecule has 0 spiro atoms. The summed E-state index contributed by atoms with van der Waals surface area (Å²) in [6.45, 7) is 1.57. The molecule has 1 aromatic rings. The Morgan fingerprint density at radius 1 is 1.29 bits per heavy atom. The summed E-state index contributed by atoms with van der Waals surface area (Å²) in [5, 5.41) is 5.96. The van der Waals surface area contributed by atoms with Crippen molar-refractivity contribution in [3.05, 3.63) is 18.2 Å². The number of nitrogens with one attached hydrogen (secondary N) is 2. The highest BCUT2D eigenvalue weighted by molar-refractivity contribution is 5.90. The minimum atomic E-state index is -0.119. The molecule has 1 heterocycles. The molecular weight excluding hydrogens is 266 g/mol. The summed E-state index contributed by atoms with van der Waals surface area (Å²) in [5.41, 5.74) is 1.84. The van der Waals surface area contributed by atoms with Gasteiger partial charge in [0.05, 0.1) is 12.2 Å². The van der Waals surface area contributed by atoms with E-state index in [1.807, 2.05) is 25.2 Å². The van der Waals surface area contributed by atoms with Crippen molar-refractivity contribution in [2.24, 2.45) is 0 Å². The first kappa shape index (κ1) is 14.0. The number of amides is 2. The van der Waals surface area contributed by atoms with Gasteiger partial charge in [-0.05, 0) is 25.0 Å². The quantitative estimate of drug-likeness (QED) is 0.880. The Balaban J connectivity index is 1.60. The topological polar surface area (TPSA) is 53.6 Å². The summed E-state index contributed by atoms with van der Waals surface area (Å²) >= 11 is 0. The fourth-order valence-corrected chi connectivity index (χ4v) is 3.04. The summed E-state index contributed by atoms with van der Waals surface area (Å²) < 4.78 is 5.65. The average Bonchev–Trinajstić information content (AvgIpc) is 2.48. The van der Waals surface area contributed by atoms with Crippen LogP contribution in [-0.2, 0) is 0 Å². The molecule has 114 valence electrons. The first-order valence-electron chi connectivity index (χ1n) is 7.78. The van der Waals surface area contributed by atoms with Crippen LogP contribution in [0.1, 0.15) is 32.1 Å². The van der Waals surface area contributed by atoms with E-state index in [9.17, 15) is 4.79 Å². The minimum absolute atomic E-state index is 0.119. The molecule has 2 N–H and O–H groups in total. The van der Waals surface area contributed by atoms with Crippen molar-refractivity contribution in [2.45, 2.75) is 38.1 Å². The van der Waals surface area contributed by atoms with Crippen LogP contribution in [0, 0.1) is 0 Å². The maximum atomic E-state index is 12.0. The van der Waals surface area contributed by atoms with E-state index in [-0.39, 0.29) is 6.03 Å². The number of hydrogen-bond donors (Lipinski definition) is 2. The van der Waals surface area contributed by atoms with Crippen LogP contribution in [0.15, 0.2) is 18.2 Å². The molecule has 5 heteroatoms. The number of fused-ring (bicyclic) bond motifs is 1. The molecular formula is C16H23N3O2. The molecule has 1 aliphatic heterocycles. The van der Waals surface area contributed by atoms with Crippen LogP contribution >= 0.6 is 0 Å². The number of benzene rings is 1. The Bertz CT molecular complexity index is 512. The lowest BCUT2D eigenvalue weighted by molar-refractivity contribution is 0.244. The number of rotatable bonds is 2. The number of carbonyl (C=O) groups is 1. The third-order valence-electron chi connectivity index (χ3n) is 4.25. The molecule has 0 bridgehead atoms. The molecule has 0 aromatic heterocycles. The van der Waals surface area contributed by atoms with E-state index in [1.54, 1.807) is 0 Å². The molecule has 1 aromatic carbocycles. The zero-order chi connectivity index (χ0) is 14.7. The van der Waals surface area contributed by atoms with Crippen LogP contribution in [0.25, 0.3) is 0 Å². The number of nitrogens with zero attached hydrogens (tertiary/aromatic N) is 1. The molecule has 0 unspecified atom stereocenters. The summed E-state index contributed by atoms with van der Waals surface area (Å²) in [4.78, 5) is 14.2. The van der Waals surface area contributed by atoms with Crippen LogP contribution in [0.5, 0.6) is 5.75 Å². The highest BCUT2D eigenvalue weighted by Gasteiger charge is 2.17. The number of likely N-dealkylation sites (N-methyl/N-ethyl adjacent to an activating group) is 1. The van der Waals surface area contributed by atoms with Gasteiger partial charge in [-0.1, -0.05) is 19.3 Å². The first-order chi connectivity index (χ1) is 10.2. The standard InChI is InChI=1S/C16H23N3O2/c1-19-9-10-21-15-11-13(7-8-14(15)19)18-16(20)17-12-5-3-2-4-6-12/h7-8,11-12H,2-6,9-10H2,1H3,(H2,17,18,20). The molecule has 3 rings (SSSR count). The van der Waals surface area contributed by atoms with Crippen LogP contribution in [-0.4, -0.2) is 32.3 Å².